The Morgan fingerprint density at radius 2 is 1.71 bits per heavy atom. The third kappa shape index (κ3) is 7.75. The molecule has 11 heteroatoms. The van der Waals surface area contributed by atoms with Gasteiger partial charge < -0.3 is 15.0 Å². The molecule has 0 atom stereocenters. The molecule has 2 saturated heterocycles. The average molecular weight is 577 g/mol. The van der Waals surface area contributed by atoms with E-state index in [-0.39, 0.29) is 18.5 Å². The molecule has 7 nitrogen and oxygen atoms in total. The average Bonchev–Trinajstić information content (AvgIpc) is 3.24. The highest BCUT2D eigenvalue weighted by Crippen LogP contribution is 2.37. The van der Waals surface area contributed by atoms with E-state index in [0.717, 1.165) is 43.4 Å². The fourth-order valence-electron chi connectivity index (χ4n) is 6.29. The van der Waals surface area contributed by atoms with E-state index in [4.69, 9.17) is 4.74 Å². The lowest BCUT2D eigenvalue weighted by Crippen LogP contribution is -2.46. The maximum Gasteiger partial charge on any atom is 0.416 e. The highest BCUT2D eigenvalue weighted by atomic mass is 19.4. The minimum Gasteiger partial charge on any atom is -0.441 e. The van der Waals surface area contributed by atoms with Gasteiger partial charge in [0.2, 0.25) is 11.9 Å². The van der Waals surface area contributed by atoms with E-state index in [1.54, 1.807) is 6.07 Å². The maximum absolute atomic E-state index is 13.2. The summed E-state index contributed by atoms with van der Waals surface area (Å²) in [5.74, 6) is 0.0632. The van der Waals surface area contributed by atoms with Crippen LogP contribution in [0.1, 0.15) is 61.6 Å². The molecule has 1 aromatic carbocycles. The van der Waals surface area contributed by atoms with Crippen LogP contribution in [-0.4, -0.2) is 58.6 Å². The highest BCUT2D eigenvalue weighted by molar-refractivity contribution is 5.76. The number of nitrogens with zero attached hydrogens (tertiary/aromatic N) is 3. The monoisotopic (exact) mass is 576 g/mol. The lowest BCUT2D eigenvalue weighted by Gasteiger charge is -2.37. The molecule has 0 unspecified atom stereocenters. The largest absolute Gasteiger partial charge is 0.441 e. The Morgan fingerprint density at radius 1 is 1.02 bits per heavy atom. The van der Waals surface area contributed by atoms with Crippen molar-refractivity contribution in [3.63, 3.8) is 0 Å². The molecule has 5 rings (SSSR count). The number of rotatable bonds is 8. The van der Waals surface area contributed by atoms with Gasteiger partial charge >= 0.3 is 12.3 Å². The summed E-state index contributed by atoms with van der Waals surface area (Å²) in [7, 11) is 0. The Hall–Kier alpha value is -3.21. The van der Waals surface area contributed by atoms with Crippen molar-refractivity contribution in [2.24, 2.45) is 11.8 Å². The number of aromatic nitrogens is 1. The van der Waals surface area contributed by atoms with E-state index < -0.39 is 23.3 Å². The number of piperidine rings is 1. The summed E-state index contributed by atoms with van der Waals surface area (Å²) in [6, 6.07) is 8.27. The van der Waals surface area contributed by atoms with Crippen LogP contribution in [0.25, 0.3) is 0 Å². The smallest absolute Gasteiger partial charge is 0.416 e. The summed E-state index contributed by atoms with van der Waals surface area (Å²) >= 11 is 0. The fraction of sp³-hybridized carbons (Fsp3) is 0.567. The summed E-state index contributed by atoms with van der Waals surface area (Å²) in [4.78, 5) is 32.7. The molecule has 2 aromatic rings. The zero-order valence-corrected chi connectivity index (χ0v) is 23.0. The third-order valence-electron chi connectivity index (χ3n) is 8.70. The molecule has 3 aliphatic rings. The Balaban J connectivity index is 1.01. The molecular formula is C30H36F4N4O3. The molecule has 222 valence electrons. The SMILES string of the molecule is O=C(CC1CCC(CN2CC3(CCN(Cc4ccc(C(F)(F)F)cc4)CC3)OC2=O)CC1)NCc1ccnc(F)c1. The van der Waals surface area contributed by atoms with Gasteiger partial charge in [-0.3, -0.25) is 9.69 Å². The number of hydrogen-bond donors (Lipinski definition) is 1. The van der Waals surface area contributed by atoms with Gasteiger partial charge in [-0.25, -0.2) is 9.78 Å². The molecule has 41 heavy (non-hydrogen) atoms. The van der Waals surface area contributed by atoms with Crippen molar-refractivity contribution in [2.45, 2.75) is 69.8 Å². The standard InChI is InChI=1S/C30H36F4N4O3/c31-26-15-24(9-12-35-26)17-36-27(39)16-21-1-3-23(4-2-21)19-38-20-29(41-28(38)40)10-13-37(14-11-29)18-22-5-7-25(8-6-22)30(32,33)34/h5-9,12,15,21,23H,1-4,10-11,13-14,16-20H2,(H,36,39). The van der Waals surface area contributed by atoms with E-state index in [1.807, 2.05) is 4.90 Å². The van der Waals surface area contributed by atoms with Crippen molar-refractivity contribution < 1.29 is 31.9 Å². The molecule has 3 heterocycles. The number of hydrogen-bond acceptors (Lipinski definition) is 5. The van der Waals surface area contributed by atoms with Crippen molar-refractivity contribution in [2.75, 3.05) is 26.2 Å². The van der Waals surface area contributed by atoms with E-state index in [1.165, 1.54) is 24.4 Å². The second-order valence-electron chi connectivity index (χ2n) is 11.8. The van der Waals surface area contributed by atoms with Crippen molar-refractivity contribution in [3.05, 3.63) is 65.2 Å². The molecule has 1 saturated carbocycles. The zero-order valence-electron chi connectivity index (χ0n) is 23.0. The van der Waals surface area contributed by atoms with Gasteiger partial charge in [0.1, 0.15) is 5.60 Å². The van der Waals surface area contributed by atoms with Crippen molar-refractivity contribution in [3.8, 4) is 0 Å². The van der Waals surface area contributed by atoms with Gasteiger partial charge in [-0.15, -0.1) is 0 Å². The van der Waals surface area contributed by atoms with Crippen molar-refractivity contribution >= 4 is 12.0 Å². The minimum atomic E-state index is -4.34. The van der Waals surface area contributed by atoms with Crippen LogP contribution >= 0.6 is 0 Å². The Kier molecular flexibility index (Phi) is 8.82. The van der Waals surface area contributed by atoms with Crippen LogP contribution in [0.4, 0.5) is 22.4 Å². The number of ether oxygens (including phenoxy) is 1. The molecule has 1 aromatic heterocycles. The lowest BCUT2D eigenvalue weighted by atomic mass is 9.80. The molecule has 2 amide bonds. The maximum atomic E-state index is 13.2. The summed E-state index contributed by atoms with van der Waals surface area (Å²) in [5.41, 5.74) is 0.359. The number of pyridine rings is 1. The van der Waals surface area contributed by atoms with Gasteiger partial charge in [0.05, 0.1) is 12.1 Å². The summed E-state index contributed by atoms with van der Waals surface area (Å²) in [6.07, 6.45) is 2.36. The third-order valence-corrected chi connectivity index (χ3v) is 8.70. The first-order chi connectivity index (χ1) is 19.6. The van der Waals surface area contributed by atoms with Crippen LogP contribution in [0.3, 0.4) is 0 Å². The number of carbonyl (C=O) groups excluding carboxylic acids is 2. The van der Waals surface area contributed by atoms with E-state index >= 15 is 0 Å². The molecule has 1 aliphatic carbocycles. The summed E-state index contributed by atoms with van der Waals surface area (Å²) in [6.45, 7) is 3.49. The van der Waals surface area contributed by atoms with Crippen molar-refractivity contribution in [1.82, 2.24) is 20.1 Å². The molecule has 1 N–H and O–H groups in total. The number of nitrogens with one attached hydrogen (secondary N) is 1. The molecule has 2 aliphatic heterocycles. The lowest BCUT2D eigenvalue weighted by molar-refractivity contribution is -0.137. The second kappa shape index (κ2) is 12.3. The predicted octanol–water partition coefficient (Wildman–Crippen LogP) is 5.54. The molecule has 0 bridgehead atoms. The summed E-state index contributed by atoms with van der Waals surface area (Å²) in [5, 5.41) is 2.86. The number of likely N-dealkylation sites (tertiary alicyclic amines) is 1. The highest BCUT2D eigenvalue weighted by Gasteiger charge is 2.47. The van der Waals surface area contributed by atoms with Gasteiger partial charge in [0.15, 0.2) is 0 Å². The second-order valence-corrected chi connectivity index (χ2v) is 11.8. The first-order valence-corrected chi connectivity index (χ1v) is 14.3. The van der Waals surface area contributed by atoms with Crippen LogP contribution in [0.5, 0.6) is 0 Å². The first kappa shape index (κ1) is 29.3. The predicted molar refractivity (Wildman–Crippen MR) is 143 cm³/mol. The number of benzene rings is 1. The van der Waals surface area contributed by atoms with Gasteiger partial charge in [0.25, 0.3) is 0 Å². The zero-order chi connectivity index (χ0) is 29.0. The molecular weight excluding hydrogens is 540 g/mol. The number of alkyl halides is 3. The Morgan fingerprint density at radius 3 is 2.37 bits per heavy atom. The van der Waals surface area contributed by atoms with Crippen molar-refractivity contribution in [1.29, 1.82) is 0 Å². The first-order valence-electron chi connectivity index (χ1n) is 14.3. The Labute approximate surface area is 237 Å². The minimum absolute atomic E-state index is 0.0413. The normalized spacial score (nSPS) is 23.0. The number of halogens is 4. The van der Waals surface area contributed by atoms with E-state index in [0.29, 0.717) is 69.4 Å². The molecule has 0 radical (unpaired) electrons. The number of amides is 2. The van der Waals surface area contributed by atoms with Crippen LogP contribution in [0.2, 0.25) is 0 Å². The van der Waals surface area contributed by atoms with Gasteiger partial charge in [-0.05, 0) is 72.9 Å². The Bertz CT molecular complexity index is 1210. The van der Waals surface area contributed by atoms with Gasteiger partial charge in [-0.1, -0.05) is 12.1 Å². The van der Waals surface area contributed by atoms with E-state index in [9.17, 15) is 27.2 Å². The van der Waals surface area contributed by atoms with Crippen LogP contribution < -0.4 is 5.32 Å². The number of carbonyl (C=O) groups is 2. The van der Waals surface area contributed by atoms with Crippen LogP contribution in [0.15, 0.2) is 42.6 Å². The summed E-state index contributed by atoms with van der Waals surface area (Å²) < 4.78 is 57.6. The van der Waals surface area contributed by atoms with Gasteiger partial charge in [0, 0.05) is 58.2 Å². The topological polar surface area (TPSA) is 74.8 Å². The van der Waals surface area contributed by atoms with E-state index in [2.05, 4.69) is 15.2 Å². The van der Waals surface area contributed by atoms with Crippen LogP contribution in [0, 0.1) is 17.8 Å². The molecule has 1 spiro atoms. The van der Waals surface area contributed by atoms with Gasteiger partial charge in [-0.2, -0.15) is 17.6 Å². The fourth-order valence-corrected chi connectivity index (χ4v) is 6.29. The quantitative estimate of drug-likeness (QED) is 0.330. The molecule has 3 fully saturated rings. The van der Waals surface area contributed by atoms with Crippen LogP contribution in [-0.2, 0) is 28.8 Å².